The lowest BCUT2D eigenvalue weighted by Crippen LogP contribution is -2.13. The van der Waals surface area contributed by atoms with Crippen molar-refractivity contribution in [1.29, 1.82) is 0 Å². The number of aromatic nitrogens is 2. The maximum Gasteiger partial charge on any atom is 0.335 e. The summed E-state index contributed by atoms with van der Waals surface area (Å²) in [6.07, 6.45) is 0.126. The van der Waals surface area contributed by atoms with Crippen LogP contribution >= 0.6 is 11.8 Å². The number of nitrogens with zero attached hydrogens (tertiary/aromatic N) is 1. The summed E-state index contributed by atoms with van der Waals surface area (Å²) in [5.41, 5.74) is -0.00237. The zero-order chi connectivity index (χ0) is 16.8. The van der Waals surface area contributed by atoms with E-state index in [1.54, 1.807) is 6.07 Å². The quantitative estimate of drug-likeness (QED) is 0.462. The summed E-state index contributed by atoms with van der Waals surface area (Å²) in [6, 6.07) is 6.87. The number of carboxylic acid groups (broad SMARTS) is 1. The zero-order valence-electron chi connectivity index (χ0n) is 11.8. The number of nitrogens with one attached hydrogen (secondary N) is 2. The first-order valence-electron chi connectivity index (χ1n) is 6.50. The molecule has 0 saturated heterocycles. The molecule has 2 aromatic rings. The molecule has 1 amide bonds. The first-order chi connectivity index (χ1) is 10.9. The summed E-state index contributed by atoms with van der Waals surface area (Å²) in [5.74, 6) is -1.43. The van der Waals surface area contributed by atoms with Crippen LogP contribution in [-0.4, -0.2) is 37.8 Å². The van der Waals surface area contributed by atoms with Crippen molar-refractivity contribution in [2.24, 2.45) is 0 Å². The number of aromatic amines is 1. The van der Waals surface area contributed by atoms with Crippen LogP contribution in [0.4, 0.5) is 5.69 Å². The number of H-pyrrole nitrogens is 1. The van der Waals surface area contributed by atoms with Crippen LogP contribution in [0.25, 0.3) is 0 Å². The molecule has 4 N–H and O–H groups in total. The molecule has 1 aromatic heterocycles. The Morgan fingerprint density at radius 1 is 1.30 bits per heavy atom. The zero-order valence-corrected chi connectivity index (χ0v) is 12.6. The van der Waals surface area contributed by atoms with Gasteiger partial charge < -0.3 is 20.5 Å². The van der Waals surface area contributed by atoms with Crippen LogP contribution in [0.3, 0.4) is 0 Å². The highest BCUT2D eigenvalue weighted by Crippen LogP contribution is 2.15. The number of hydrogen-bond acceptors (Lipinski definition) is 6. The van der Waals surface area contributed by atoms with E-state index in [2.05, 4.69) is 15.3 Å². The Balaban J connectivity index is 1.86. The van der Waals surface area contributed by atoms with E-state index in [1.807, 2.05) is 0 Å². The second-order valence-corrected chi connectivity index (χ2v) is 5.52. The Morgan fingerprint density at radius 3 is 2.78 bits per heavy atom. The topological polar surface area (TPSA) is 132 Å². The summed E-state index contributed by atoms with van der Waals surface area (Å²) in [7, 11) is 0. The number of carbonyl (C=O) groups excluding carboxylic acids is 1. The molecule has 2 rings (SSSR count). The predicted molar refractivity (Wildman–Crippen MR) is 83.9 cm³/mol. The smallest absolute Gasteiger partial charge is 0.335 e. The van der Waals surface area contributed by atoms with Gasteiger partial charge in [0.2, 0.25) is 11.8 Å². The van der Waals surface area contributed by atoms with Gasteiger partial charge in [-0.15, -0.1) is 0 Å². The molecule has 9 heteroatoms. The van der Waals surface area contributed by atoms with Crippen molar-refractivity contribution in [3.05, 3.63) is 46.2 Å². The van der Waals surface area contributed by atoms with E-state index in [0.717, 1.165) is 17.8 Å². The van der Waals surface area contributed by atoms with Gasteiger partial charge in [0.25, 0.3) is 5.56 Å². The maximum atomic E-state index is 11.8. The average Bonchev–Trinajstić information content (AvgIpc) is 2.46. The first kappa shape index (κ1) is 16.6. The van der Waals surface area contributed by atoms with Crippen LogP contribution in [0.2, 0.25) is 0 Å². The summed E-state index contributed by atoms with van der Waals surface area (Å²) in [4.78, 5) is 39.9. The standard InChI is InChI=1S/C14H13N3O5S/c18-10(15-9-3-1-2-8(6-9)13(21)22)4-5-23-14-16-11(19)7-12(20)17-14/h1-3,6-7H,4-5H2,(H,15,18)(H,21,22)(H2,16,17,19,20). The molecule has 0 bridgehead atoms. The molecular formula is C14H13N3O5S. The van der Waals surface area contributed by atoms with Crippen LogP contribution in [0, 0.1) is 0 Å². The van der Waals surface area contributed by atoms with Crippen molar-refractivity contribution in [3.8, 4) is 5.88 Å². The van der Waals surface area contributed by atoms with Gasteiger partial charge in [0.15, 0.2) is 5.16 Å². The SMILES string of the molecule is O=C(CCSc1nc(O)cc(=O)[nH]1)Nc1cccc(C(=O)O)c1. The summed E-state index contributed by atoms with van der Waals surface area (Å²) < 4.78 is 0. The van der Waals surface area contributed by atoms with E-state index in [4.69, 9.17) is 5.11 Å². The fraction of sp³-hybridized carbons (Fsp3) is 0.143. The molecule has 0 atom stereocenters. The maximum absolute atomic E-state index is 11.8. The molecule has 8 nitrogen and oxygen atoms in total. The number of thioether (sulfide) groups is 1. The third-order valence-corrected chi connectivity index (χ3v) is 3.54. The van der Waals surface area contributed by atoms with E-state index in [1.165, 1.54) is 18.2 Å². The number of carbonyl (C=O) groups is 2. The van der Waals surface area contributed by atoms with Crippen molar-refractivity contribution in [2.45, 2.75) is 11.6 Å². The number of amides is 1. The van der Waals surface area contributed by atoms with Gasteiger partial charge in [-0.1, -0.05) is 17.8 Å². The largest absolute Gasteiger partial charge is 0.493 e. The summed E-state index contributed by atoms with van der Waals surface area (Å²) >= 11 is 1.11. The lowest BCUT2D eigenvalue weighted by atomic mass is 10.2. The molecule has 1 heterocycles. The highest BCUT2D eigenvalue weighted by atomic mass is 32.2. The fourth-order valence-corrected chi connectivity index (χ4v) is 2.50. The average molecular weight is 335 g/mol. The Morgan fingerprint density at radius 2 is 2.09 bits per heavy atom. The van der Waals surface area contributed by atoms with Crippen LogP contribution in [-0.2, 0) is 4.79 Å². The van der Waals surface area contributed by atoms with Crippen molar-refractivity contribution >= 4 is 29.3 Å². The van der Waals surface area contributed by atoms with Crippen LogP contribution < -0.4 is 10.9 Å². The van der Waals surface area contributed by atoms with Gasteiger partial charge in [0.05, 0.1) is 11.6 Å². The number of carboxylic acids is 1. The number of rotatable bonds is 6. The number of hydrogen-bond donors (Lipinski definition) is 4. The number of aromatic hydroxyl groups is 1. The summed E-state index contributed by atoms with van der Waals surface area (Å²) in [6.45, 7) is 0. The van der Waals surface area contributed by atoms with E-state index < -0.39 is 11.5 Å². The highest BCUT2D eigenvalue weighted by molar-refractivity contribution is 7.99. The molecular weight excluding hydrogens is 322 g/mol. The van der Waals surface area contributed by atoms with E-state index >= 15 is 0 Å². The minimum Gasteiger partial charge on any atom is -0.493 e. The molecule has 0 radical (unpaired) electrons. The molecule has 1 aromatic carbocycles. The minimum absolute atomic E-state index is 0.0821. The van der Waals surface area contributed by atoms with Crippen LogP contribution in [0.1, 0.15) is 16.8 Å². The first-order valence-corrected chi connectivity index (χ1v) is 7.49. The van der Waals surface area contributed by atoms with E-state index in [-0.39, 0.29) is 28.9 Å². The Kier molecular flexibility index (Phi) is 5.36. The second-order valence-electron chi connectivity index (χ2n) is 4.44. The molecule has 0 unspecified atom stereocenters. The number of aromatic carboxylic acids is 1. The lowest BCUT2D eigenvalue weighted by Gasteiger charge is -2.06. The van der Waals surface area contributed by atoms with Gasteiger partial charge in [-0.2, -0.15) is 4.98 Å². The normalized spacial score (nSPS) is 10.3. The van der Waals surface area contributed by atoms with Gasteiger partial charge in [-0.25, -0.2) is 4.79 Å². The molecule has 0 aliphatic heterocycles. The monoisotopic (exact) mass is 335 g/mol. The van der Waals surface area contributed by atoms with Gasteiger partial charge in [0.1, 0.15) is 0 Å². The minimum atomic E-state index is -1.07. The molecule has 0 aliphatic carbocycles. The molecule has 0 fully saturated rings. The Bertz CT molecular complexity index is 790. The molecule has 23 heavy (non-hydrogen) atoms. The fourth-order valence-electron chi connectivity index (χ4n) is 1.69. The van der Waals surface area contributed by atoms with Crippen molar-refractivity contribution < 1.29 is 19.8 Å². The predicted octanol–water partition coefficient (Wildman–Crippen LogP) is 1.29. The van der Waals surface area contributed by atoms with Gasteiger partial charge in [-0.3, -0.25) is 9.59 Å². The number of anilines is 1. The third-order valence-electron chi connectivity index (χ3n) is 2.67. The van der Waals surface area contributed by atoms with Crippen LogP contribution in [0.15, 0.2) is 40.3 Å². The lowest BCUT2D eigenvalue weighted by molar-refractivity contribution is -0.115. The number of benzene rings is 1. The van der Waals surface area contributed by atoms with Gasteiger partial charge in [-0.05, 0) is 18.2 Å². The van der Waals surface area contributed by atoms with Crippen LogP contribution in [0.5, 0.6) is 5.88 Å². The molecule has 0 aliphatic rings. The third kappa shape index (κ3) is 5.15. The molecule has 0 saturated carbocycles. The van der Waals surface area contributed by atoms with E-state index in [0.29, 0.717) is 11.4 Å². The van der Waals surface area contributed by atoms with Gasteiger partial charge >= 0.3 is 5.97 Å². The highest BCUT2D eigenvalue weighted by Gasteiger charge is 2.07. The Labute approximate surface area is 134 Å². The van der Waals surface area contributed by atoms with Gasteiger partial charge in [0, 0.05) is 17.9 Å². The molecule has 0 spiro atoms. The molecule has 120 valence electrons. The second kappa shape index (κ2) is 7.45. The summed E-state index contributed by atoms with van der Waals surface area (Å²) in [5, 5.41) is 20.9. The van der Waals surface area contributed by atoms with Crippen molar-refractivity contribution in [3.63, 3.8) is 0 Å². The Hall–Kier alpha value is -2.81. The van der Waals surface area contributed by atoms with Crippen molar-refractivity contribution in [1.82, 2.24) is 9.97 Å². The van der Waals surface area contributed by atoms with Crippen molar-refractivity contribution in [2.75, 3.05) is 11.1 Å². The van der Waals surface area contributed by atoms with E-state index in [9.17, 15) is 19.5 Å².